The van der Waals surface area contributed by atoms with E-state index in [1.807, 2.05) is 0 Å². The van der Waals surface area contributed by atoms with E-state index >= 15 is 0 Å². The third-order valence-electron chi connectivity index (χ3n) is 3.53. The molecular formula is C16H32O3S. The van der Waals surface area contributed by atoms with Crippen molar-refractivity contribution >= 4 is 15.6 Å². The fourth-order valence-corrected chi connectivity index (χ4v) is 2.96. The van der Waals surface area contributed by atoms with Gasteiger partial charge in [0.1, 0.15) is 15.6 Å². The van der Waals surface area contributed by atoms with Crippen LogP contribution >= 0.6 is 0 Å². The molecule has 0 aliphatic carbocycles. The fraction of sp³-hybridized carbons (Fsp3) is 0.938. The lowest BCUT2D eigenvalue weighted by Gasteiger charge is -2.02. The number of unbranched alkanes of at least 4 members (excludes halogenated alkanes) is 8. The summed E-state index contributed by atoms with van der Waals surface area (Å²) in [6.07, 6.45) is 14.0. The van der Waals surface area contributed by atoms with Crippen LogP contribution in [0.5, 0.6) is 0 Å². The Kier molecular flexibility index (Phi) is 12.1. The van der Waals surface area contributed by atoms with E-state index in [1.165, 1.54) is 51.2 Å². The SMILES string of the molecule is CCCCCCCCCCCC(=O)CCCS(C)(=O)=O. The number of carbonyl (C=O) groups excluding carboxylic acids is 1. The number of carbonyl (C=O) groups is 1. The van der Waals surface area contributed by atoms with E-state index < -0.39 is 9.84 Å². The number of Topliss-reactive ketones (excluding diaryl/α,β-unsaturated/α-hetero) is 1. The van der Waals surface area contributed by atoms with E-state index in [0.717, 1.165) is 12.8 Å². The molecule has 0 saturated carbocycles. The molecule has 0 aliphatic rings. The average molecular weight is 304 g/mol. The molecule has 20 heavy (non-hydrogen) atoms. The minimum atomic E-state index is -2.91. The van der Waals surface area contributed by atoms with Gasteiger partial charge in [0.05, 0.1) is 5.75 Å². The molecule has 0 aromatic heterocycles. The van der Waals surface area contributed by atoms with Crippen LogP contribution in [0.1, 0.15) is 84.0 Å². The molecule has 0 aromatic carbocycles. The van der Waals surface area contributed by atoms with Gasteiger partial charge >= 0.3 is 0 Å². The zero-order chi connectivity index (χ0) is 15.3. The molecule has 0 unspecified atom stereocenters. The van der Waals surface area contributed by atoms with Gasteiger partial charge in [-0.15, -0.1) is 0 Å². The molecule has 0 atom stereocenters. The second-order valence-corrected chi connectivity index (χ2v) is 8.11. The fourth-order valence-electron chi connectivity index (χ4n) is 2.29. The van der Waals surface area contributed by atoms with Crippen molar-refractivity contribution in [2.24, 2.45) is 0 Å². The highest BCUT2D eigenvalue weighted by molar-refractivity contribution is 7.90. The van der Waals surface area contributed by atoms with E-state index in [1.54, 1.807) is 0 Å². The molecule has 0 radical (unpaired) electrons. The molecule has 0 heterocycles. The van der Waals surface area contributed by atoms with Crippen molar-refractivity contribution in [3.8, 4) is 0 Å². The van der Waals surface area contributed by atoms with E-state index in [9.17, 15) is 13.2 Å². The van der Waals surface area contributed by atoms with Crippen molar-refractivity contribution in [1.29, 1.82) is 0 Å². The first-order valence-electron chi connectivity index (χ1n) is 8.15. The van der Waals surface area contributed by atoms with Crippen LogP contribution in [0.3, 0.4) is 0 Å². The van der Waals surface area contributed by atoms with Crippen LogP contribution in [0.4, 0.5) is 0 Å². The molecule has 120 valence electrons. The van der Waals surface area contributed by atoms with Crippen molar-refractivity contribution in [1.82, 2.24) is 0 Å². The Hall–Kier alpha value is -0.380. The Labute approximate surface area is 125 Å². The number of ketones is 1. The summed E-state index contributed by atoms with van der Waals surface area (Å²) >= 11 is 0. The molecule has 0 rings (SSSR count). The minimum Gasteiger partial charge on any atom is -0.300 e. The Morgan fingerprint density at radius 2 is 1.20 bits per heavy atom. The highest BCUT2D eigenvalue weighted by Crippen LogP contribution is 2.11. The maximum atomic E-state index is 11.5. The molecular weight excluding hydrogens is 272 g/mol. The Morgan fingerprint density at radius 3 is 1.70 bits per heavy atom. The highest BCUT2D eigenvalue weighted by atomic mass is 32.2. The van der Waals surface area contributed by atoms with Gasteiger partial charge in [0.25, 0.3) is 0 Å². The Morgan fingerprint density at radius 1 is 0.750 bits per heavy atom. The van der Waals surface area contributed by atoms with Crippen LogP contribution in [-0.4, -0.2) is 26.2 Å². The van der Waals surface area contributed by atoms with Crippen LogP contribution in [0.25, 0.3) is 0 Å². The summed E-state index contributed by atoms with van der Waals surface area (Å²) in [5, 5.41) is 0. The summed E-state index contributed by atoms with van der Waals surface area (Å²) < 4.78 is 21.9. The molecule has 0 amide bonds. The van der Waals surface area contributed by atoms with Gasteiger partial charge in [-0.25, -0.2) is 8.42 Å². The topological polar surface area (TPSA) is 51.2 Å². The first kappa shape index (κ1) is 19.6. The zero-order valence-electron chi connectivity index (χ0n) is 13.3. The smallest absolute Gasteiger partial charge is 0.147 e. The summed E-state index contributed by atoms with van der Waals surface area (Å²) in [5.41, 5.74) is 0. The van der Waals surface area contributed by atoms with Gasteiger partial charge in [-0.2, -0.15) is 0 Å². The van der Waals surface area contributed by atoms with Crippen LogP contribution in [0.2, 0.25) is 0 Å². The van der Waals surface area contributed by atoms with Gasteiger partial charge in [-0.05, 0) is 12.8 Å². The van der Waals surface area contributed by atoms with E-state index in [-0.39, 0.29) is 11.5 Å². The van der Waals surface area contributed by atoms with Crippen LogP contribution in [-0.2, 0) is 14.6 Å². The molecule has 0 saturated heterocycles. The highest BCUT2D eigenvalue weighted by Gasteiger charge is 2.06. The predicted octanol–water partition coefficient (Wildman–Crippen LogP) is 4.30. The Balaban J connectivity index is 3.27. The summed E-state index contributed by atoms with van der Waals surface area (Å²) in [5.74, 6) is 0.354. The normalized spacial score (nSPS) is 11.7. The van der Waals surface area contributed by atoms with Crippen molar-refractivity contribution in [2.45, 2.75) is 84.0 Å². The average Bonchev–Trinajstić information content (AvgIpc) is 2.35. The lowest BCUT2D eigenvalue weighted by Crippen LogP contribution is -2.06. The van der Waals surface area contributed by atoms with E-state index in [4.69, 9.17) is 0 Å². The van der Waals surface area contributed by atoms with Crippen molar-refractivity contribution in [2.75, 3.05) is 12.0 Å². The standard InChI is InChI=1S/C16H32O3S/c1-3-4-5-6-7-8-9-10-11-13-16(17)14-12-15-20(2,18)19/h3-15H2,1-2H3. The lowest BCUT2D eigenvalue weighted by molar-refractivity contribution is -0.119. The lowest BCUT2D eigenvalue weighted by atomic mass is 10.0. The molecule has 0 bridgehead atoms. The molecule has 0 fully saturated rings. The minimum absolute atomic E-state index is 0.135. The van der Waals surface area contributed by atoms with Crippen molar-refractivity contribution < 1.29 is 13.2 Å². The monoisotopic (exact) mass is 304 g/mol. The van der Waals surface area contributed by atoms with Crippen LogP contribution in [0, 0.1) is 0 Å². The Bertz CT molecular complexity index is 334. The van der Waals surface area contributed by atoms with Crippen molar-refractivity contribution in [3.63, 3.8) is 0 Å². The second kappa shape index (κ2) is 12.4. The summed E-state index contributed by atoms with van der Waals surface area (Å²) in [4.78, 5) is 11.5. The third kappa shape index (κ3) is 15.7. The van der Waals surface area contributed by atoms with Gasteiger partial charge < -0.3 is 0 Å². The molecule has 0 N–H and O–H groups in total. The summed E-state index contributed by atoms with van der Waals surface area (Å²) in [6.45, 7) is 2.23. The van der Waals surface area contributed by atoms with E-state index in [2.05, 4.69) is 6.92 Å². The molecule has 4 heteroatoms. The predicted molar refractivity (Wildman–Crippen MR) is 85.8 cm³/mol. The number of hydrogen-bond donors (Lipinski definition) is 0. The maximum Gasteiger partial charge on any atom is 0.147 e. The number of sulfone groups is 1. The van der Waals surface area contributed by atoms with Crippen LogP contribution < -0.4 is 0 Å². The first-order valence-corrected chi connectivity index (χ1v) is 10.2. The quantitative estimate of drug-likeness (QED) is 0.450. The molecule has 0 aromatic rings. The summed E-state index contributed by atoms with van der Waals surface area (Å²) in [6, 6.07) is 0. The summed E-state index contributed by atoms with van der Waals surface area (Å²) in [7, 11) is -2.91. The van der Waals surface area contributed by atoms with Crippen molar-refractivity contribution in [3.05, 3.63) is 0 Å². The van der Waals surface area contributed by atoms with Crippen LogP contribution in [0.15, 0.2) is 0 Å². The molecule has 3 nitrogen and oxygen atoms in total. The number of rotatable bonds is 14. The largest absolute Gasteiger partial charge is 0.300 e. The third-order valence-corrected chi connectivity index (χ3v) is 4.56. The van der Waals surface area contributed by atoms with Gasteiger partial charge in [-0.3, -0.25) is 4.79 Å². The first-order chi connectivity index (χ1) is 9.45. The van der Waals surface area contributed by atoms with Gasteiger partial charge in [0, 0.05) is 19.1 Å². The number of hydrogen-bond acceptors (Lipinski definition) is 3. The van der Waals surface area contributed by atoms with Gasteiger partial charge in [0.2, 0.25) is 0 Å². The second-order valence-electron chi connectivity index (χ2n) is 5.85. The van der Waals surface area contributed by atoms with Gasteiger partial charge in [-0.1, -0.05) is 58.3 Å². The molecule has 0 aliphatic heterocycles. The van der Waals surface area contributed by atoms with E-state index in [0.29, 0.717) is 19.3 Å². The molecule has 0 spiro atoms. The van der Waals surface area contributed by atoms with Gasteiger partial charge in [0.15, 0.2) is 0 Å². The zero-order valence-corrected chi connectivity index (χ0v) is 14.1. The maximum absolute atomic E-state index is 11.5.